The van der Waals surface area contributed by atoms with E-state index in [1.807, 2.05) is 7.05 Å². The van der Waals surface area contributed by atoms with Crippen LogP contribution in [0.1, 0.15) is 17.9 Å². The summed E-state index contributed by atoms with van der Waals surface area (Å²) in [6, 6.07) is 11.4. The number of likely N-dealkylation sites (N-methyl/N-ethyl adjacent to an activating group) is 1. The number of amides is 1. The number of carbonyl (C=O) groups is 3. The predicted octanol–water partition coefficient (Wildman–Crippen LogP) is 4.16. The highest BCUT2D eigenvalue weighted by molar-refractivity contribution is 7.85. The molecule has 1 N–H and O–H groups in total. The summed E-state index contributed by atoms with van der Waals surface area (Å²) in [7, 11) is 2.63. The quantitative estimate of drug-likeness (QED) is 0.424. The van der Waals surface area contributed by atoms with Crippen molar-refractivity contribution in [3.05, 3.63) is 85.6 Å². The molecule has 224 valence electrons. The molecular weight excluding hydrogens is 625 g/mol. The number of rotatable bonds is 8. The normalized spacial score (nSPS) is 18.4. The van der Waals surface area contributed by atoms with Crippen molar-refractivity contribution in [1.29, 1.82) is 0 Å². The van der Waals surface area contributed by atoms with Crippen LogP contribution in [0.4, 0.5) is 0 Å². The molecule has 2 unspecified atom stereocenters. The van der Waals surface area contributed by atoms with Crippen LogP contribution in [0, 0.1) is 0 Å². The Morgan fingerprint density at radius 3 is 1.98 bits per heavy atom. The van der Waals surface area contributed by atoms with Gasteiger partial charge in [-0.2, -0.15) is 0 Å². The van der Waals surface area contributed by atoms with Crippen molar-refractivity contribution in [2.45, 2.75) is 17.2 Å². The Hall–Kier alpha value is -2.89. The zero-order chi connectivity index (χ0) is 30.6. The minimum absolute atomic E-state index is 0.0253. The Morgan fingerprint density at radius 1 is 0.857 bits per heavy atom. The van der Waals surface area contributed by atoms with Gasteiger partial charge in [0.1, 0.15) is 0 Å². The van der Waals surface area contributed by atoms with Gasteiger partial charge in [0.2, 0.25) is 5.91 Å². The van der Waals surface area contributed by atoms with Crippen molar-refractivity contribution < 1.29 is 28.1 Å². The maximum atomic E-state index is 13.6. The smallest absolute Gasteiger partial charge is 0.336 e. The van der Waals surface area contributed by atoms with E-state index in [1.165, 1.54) is 14.2 Å². The number of esters is 2. The molecule has 4 rings (SSSR count). The molecule has 42 heavy (non-hydrogen) atoms. The van der Waals surface area contributed by atoms with Crippen LogP contribution in [-0.2, 0) is 34.7 Å². The third-order valence-electron chi connectivity index (χ3n) is 7.17. The van der Waals surface area contributed by atoms with Crippen LogP contribution in [0.2, 0.25) is 15.1 Å². The van der Waals surface area contributed by atoms with Crippen molar-refractivity contribution in [3.8, 4) is 0 Å². The van der Waals surface area contributed by atoms with Crippen LogP contribution in [0.15, 0.2) is 69.9 Å². The first-order valence-electron chi connectivity index (χ1n) is 13.0. The first-order valence-corrected chi connectivity index (χ1v) is 15.5. The molecule has 2 aromatic carbocycles. The summed E-state index contributed by atoms with van der Waals surface area (Å²) in [6.07, 6.45) is -0.219. The maximum absolute atomic E-state index is 13.6. The zero-order valence-electron chi connectivity index (χ0n) is 23.2. The van der Waals surface area contributed by atoms with E-state index in [0.717, 1.165) is 0 Å². The fourth-order valence-electron chi connectivity index (χ4n) is 5.00. The highest BCUT2D eigenvalue weighted by Crippen LogP contribution is 2.45. The van der Waals surface area contributed by atoms with E-state index in [4.69, 9.17) is 44.3 Å². The Balaban J connectivity index is 1.91. The zero-order valence-corrected chi connectivity index (χ0v) is 26.3. The van der Waals surface area contributed by atoms with Gasteiger partial charge in [-0.3, -0.25) is 9.00 Å². The van der Waals surface area contributed by atoms with Gasteiger partial charge in [-0.25, -0.2) is 9.59 Å². The van der Waals surface area contributed by atoms with Gasteiger partial charge in [0.05, 0.1) is 64.2 Å². The average molecular weight is 655 g/mol. The minimum Gasteiger partial charge on any atom is -0.466 e. The monoisotopic (exact) mass is 653 g/mol. The van der Waals surface area contributed by atoms with Crippen LogP contribution in [0.5, 0.6) is 0 Å². The van der Waals surface area contributed by atoms with Crippen LogP contribution in [0.25, 0.3) is 0 Å². The Bertz CT molecular complexity index is 1470. The number of nitrogens with one attached hydrogen (secondary N) is 1. The standard InChI is InChI=1S/C29H30Cl3N3O6S/c1-34-11-13-35(14-12-34)23(36)15-20-25(28(37)40-2)27(24-18(31)8-6-9-19(24)32)26(29(38)41-3)21(33-20)16-42(39)22-10-5-4-7-17(22)30/h4-10,27,33H,11-16H2,1-3H3. The van der Waals surface area contributed by atoms with Crippen LogP contribution in [0.3, 0.4) is 0 Å². The lowest BCUT2D eigenvalue weighted by Crippen LogP contribution is -2.47. The summed E-state index contributed by atoms with van der Waals surface area (Å²) < 4.78 is 23.9. The molecule has 1 fully saturated rings. The molecule has 0 aromatic heterocycles. The summed E-state index contributed by atoms with van der Waals surface area (Å²) in [5.41, 5.74) is 0.543. The number of halogens is 3. The first kappa shape index (κ1) is 32.0. The summed E-state index contributed by atoms with van der Waals surface area (Å²) >= 11 is 19.6. The van der Waals surface area contributed by atoms with Crippen molar-refractivity contribution >= 4 is 63.4 Å². The molecule has 0 radical (unpaired) electrons. The number of methoxy groups -OCH3 is 2. The number of nitrogens with zero attached hydrogens (tertiary/aromatic N) is 2. The molecule has 0 spiro atoms. The van der Waals surface area contributed by atoms with E-state index in [-0.39, 0.29) is 61.3 Å². The topological polar surface area (TPSA) is 105 Å². The van der Waals surface area contributed by atoms with Gasteiger partial charge < -0.3 is 24.6 Å². The number of hydrogen-bond acceptors (Lipinski definition) is 8. The number of carbonyl (C=O) groups excluding carboxylic acids is 3. The molecule has 13 heteroatoms. The highest BCUT2D eigenvalue weighted by atomic mass is 35.5. The molecular formula is C29H30Cl3N3O6S. The Kier molecular flexibility index (Phi) is 10.7. The van der Waals surface area contributed by atoms with Gasteiger partial charge in [0.15, 0.2) is 0 Å². The third-order valence-corrected chi connectivity index (χ3v) is 9.67. The molecule has 2 heterocycles. The molecule has 0 saturated carbocycles. The van der Waals surface area contributed by atoms with Gasteiger partial charge in [-0.05, 0) is 31.3 Å². The average Bonchev–Trinajstić information content (AvgIpc) is 2.96. The second-order valence-corrected chi connectivity index (χ2v) is 12.4. The van der Waals surface area contributed by atoms with E-state index in [0.29, 0.717) is 31.1 Å². The van der Waals surface area contributed by atoms with Crippen LogP contribution in [-0.4, -0.2) is 85.1 Å². The van der Waals surface area contributed by atoms with E-state index < -0.39 is 28.7 Å². The Morgan fingerprint density at radius 2 is 1.40 bits per heavy atom. The summed E-state index contributed by atoms with van der Waals surface area (Å²) in [4.78, 5) is 44.6. The van der Waals surface area contributed by atoms with Gasteiger partial charge in [0.25, 0.3) is 0 Å². The lowest BCUT2D eigenvalue weighted by molar-refractivity contribution is -0.137. The number of benzene rings is 2. The van der Waals surface area contributed by atoms with Gasteiger partial charge >= 0.3 is 11.9 Å². The van der Waals surface area contributed by atoms with Crippen molar-refractivity contribution in [2.75, 3.05) is 53.2 Å². The molecule has 9 nitrogen and oxygen atoms in total. The highest BCUT2D eigenvalue weighted by Gasteiger charge is 2.42. The van der Waals surface area contributed by atoms with Gasteiger partial charge in [0, 0.05) is 53.2 Å². The maximum Gasteiger partial charge on any atom is 0.336 e. The molecule has 2 aromatic rings. The number of ether oxygens (including phenoxy) is 2. The molecule has 2 aliphatic rings. The van der Waals surface area contributed by atoms with Crippen LogP contribution < -0.4 is 5.32 Å². The molecule has 2 aliphatic heterocycles. The second kappa shape index (κ2) is 14.1. The van der Waals surface area contributed by atoms with Crippen molar-refractivity contribution in [2.24, 2.45) is 0 Å². The predicted molar refractivity (Wildman–Crippen MR) is 162 cm³/mol. The number of piperazine rings is 1. The number of hydrogen-bond donors (Lipinski definition) is 1. The van der Waals surface area contributed by atoms with E-state index in [2.05, 4.69) is 10.2 Å². The first-order chi connectivity index (χ1) is 20.1. The summed E-state index contributed by atoms with van der Waals surface area (Å²) in [5.74, 6) is -3.24. The van der Waals surface area contributed by atoms with Gasteiger partial charge in [-0.15, -0.1) is 0 Å². The molecule has 0 aliphatic carbocycles. The van der Waals surface area contributed by atoms with Gasteiger partial charge in [-0.1, -0.05) is 53.0 Å². The largest absolute Gasteiger partial charge is 0.466 e. The fraction of sp³-hybridized carbons (Fsp3) is 0.345. The fourth-order valence-corrected chi connectivity index (χ4v) is 7.17. The van der Waals surface area contributed by atoms with E-state index >= 15 is 0 Å². The van der Waals surface area contributed by atoms with Crippen LogP contribution >= 0.6 is 34.8 Å². The van der Waals surface area contributed by atoms with Crippen molar-refractivity contribution in [1.82, 2.24) is 15.1 Å². The molecule has 0 bridgehead atoms. The summed E-state index contributed by atoms with van der Waals surface area (Å²) in [6.45, 7) is 2.44. The van der Waals surface area contributed by atoms with Crippen molar-refractivity contribution in [3.63, 3.8) is 0 Å². The number of dihydropyridines is 1. The molecule has 2 atom stereocenters. The van der Waals surface area contributed by atoms with E-state index in [9.17, 15) is 18.6 Å². The minimum atomic E-state index is -1.74. The molecule has 1 amide bonds. The SMILES string of the molecule is COC(=O)C1=C(CC(=O)N2CCN(C)CC2)NC(CS(=O)c2ccccc2Cl)=C(C(=O)OC)C1c1c(Cl)cccc1Cl. The lowest BCUT2D eigenvalue weighted by Gasteiger charge is -2.35. The lowest BCUT2D eigenvalue weighted by atomic mass is 9.79. The Labute approximate surface area is 261 Å². The molecule has 1 saturated heterocycles. The second-order valence-electron chi connectivity index (χ2n) is 9.74. The third kappa shape index (κ3) is 6.84. The van der Waals surface area contributed by atoms with E-state index in [1.54, 1.807) is 47.4 Å². The summed E-state index contributed by atoms with van der Waals surface area (Å²) in [5, 5.41) is 3.73.